The first-order chi connectivity index (χ1) is 16.1. The number of halogens is 1. The van der Waals surface area contributed by atoms with E-state index in [9.17, 15) is 14.3 Å². The zero-order valence-corrected chi connectivity index (χ0v) is 19.6. The molecular formula is C28H26FNO4. The molecule has 34 heavy (non-hydrogen) atoms. The lowest BCUT2D eigenvalue weighted by Gasteiger charge is -2.29. The monoisotopic (exact) mass is 459 g/mol. The van der Waals surface area contributed by atoms with Crippen LogP contribution in [0.2, 0.25) is 0 Å². The second-order valence-corrected chi connectivity index (χ2v) is 9.70. The van der Waals surface area contributed by atoms with E-state index in [4.69, 9.17) is 9.47 Å². The molecule has 1 aliphatic rings. The molecule has 0 radical (unpaired) electrons. The summed E-state index contributed by atoms with van der Waals surface area (Å²) in [4.78, 5) is 17.2. The molecule has 174 valence electrons. The lowest BCUT2D eigenvalue weighted by atomic mass is 9.85. The highest BCUT2D eigenvalue weighted by Gasteiger charge is 2.32. The van der Waals surface area contributed by atoms with E-state index in [1.807, 2.05) is 52.0 Å². The van der Waals surface area contributed by atoms with Gasteiger partial charge in [-0.1, -0.05) is 12.1 Å². The van der Waals surface area contributed by atoms with Crippen LogP contribution in [-0.4, -0.2) is 28.3 Å². The third-order valence-electron chi connectivity index (χ3n) is 6.15. The minimum atomic E-state index is -1.25. The Morgan fingerprint density at radius 2 is 1.97 bits per heavy atom. The van der Waals surface area contributed by atoms with Crippen molar-refractivity contribution in [2.45, 2.75) is 45.8 Å². The fourth-order valence-corrected chi connectivity index (χ4v) is 4.84. The Kier molecular flexibility index (Phi) is 5.29. The second-order valence-electron chi connectivity index (χ2n) is 9.70. The number of rotatable bonds is 4. The molecule has 6 heteroatoms. The van der Waals surface area contributed by atoms with Crippen LogP contribution in [-0.2, 0) is 16.0 Å². The highest BCUT2D eigenvalue weighted by Crippen LogP contribution is 2.45. The minimum Gasteiger partial charge on any atom is -0.493 e. The van der Waals surface area contributed by atoms with Gasteiger partial charge in [-0.05, 0) is 85.5 Å². The van der Waals surface area contributed by atoms with Gasteiger partial charge < -0.3 is 14.6 Å². The van der Waals surface area contributed by atoms with Crippen LogP contribution in [0.5, 0.6) is 5.75 Å². The normalized spacial score (nSPS) is 14.3. The van der Waals surface area contributed by atoms with Gasteiger partial charge in [-0.2, -0.15) is 0 Å². The van der Waals surface area contributed by atoms with E-state index in [1.165, 1.54) is 12.1 Å². The van der Waals surface area contributed by atoms with Crippen LogP contribution in [0.15, 0.2) is 48.7 Å². The predicted octanol–water partition coefficient (Wildman–Crippen LogP) is 6.38. The van der Waals surface area contributed by atoms with E-state index >= 15 is 0 Å². The summed E-state index contributed by atoms with van der Waals surface area (Å²) in [6, 6.07) is 12.2. The number of carbonyl (C=O) groups is 1. The van der Waals surface area contributed by atoms with Crippen LogP contribution in [0.4, 0.5) is 4.39 Å². The molecule has 0 aliphatic carbocycles. The average Bonchev–Trinajstić information content (AvgIpc) is 2.77. The van der Waals surface area contributed by atoms with Gasteiger partial charge >= 0.3 is 5.97 Å². The summed E-state index contributed by atoms with van der Waals surface area (Å²) in [6.45, 7) is 7.92. The van der Waals surface area contributed by atoms with Gasteiger partial charge in [0.2, 0.25) is 0 Å². The van der Waals surface area contributed by atoms with Crippen LogP contribution < -0.4 is 4.74 Å². The third kappa shape index (κ3) is 3.78. The number of aliphatic carboxylic acids is 1. The number of nitrogens with zero attached hydrogens (tertiary/aromatic N) is 1. The van der Waals surface area contributed by atoms with E-state index < -0.39 is 23.5 Å². The number of hydrogen-bond donors (Lipinski definition) is 1. The fourth-order valence-electron chi connectivity index (χ4n) is 4.84. The van der Waals surface area contributed by atoms with Gasteiger partial charge in [-0.3, -0.25) is 4.98 Å². The highest BCUT2D eigenvalue weighted by molar-refractivity contribution is 6.08. The number of carboxylic acid groups (broad SMARTS) is 1. The van der Waals surface area contributed by atoms with E-state index in [-0.39, 0.29) is 0 Å². The number of hydrogen-bond acceptors (Lipinski definition) is 4. The number of aryl methyl sites for hydroxylation is 1. The summed E-state index contributed by atoms with van der Waals surface area (Å²) < 4.78 is 26.5. The number of fused-ring (bicyclic) bond motifs is 1. The molecule has 0 bridgehead atoms. The lowest BCUT2D eigenvalue weighted by Crippen LogP contribution is -2.28. The van der Waals surface area contributed by atoms with Crippen molar-refractivity contribution < 1.29 is 23.8 Å². The number of benzene rings is 3. The smallest absolute Gasteiger partial charge is 0.337 e. The van der Waals surface area contributed by atoms with E-state index in [2.05, 4.69) is 4.98 Å². The van der Waals surface area contributed by atoms with Crippen molar-refractivity contribution in [1.29, 1.82) is 0 Å². The molecule has 0 amide bonds. The molecule has 3 aromatic carbocycles. The standard InChI is InChI=1S/C28H26FNO4/c1-15-13-17-5-6-18(29)14-20(17)24(22(15)26(27(31)32)34-28(2,3)4)19-7-8-21-23-16(10-12-33-21)9-11-30-25(19)23/h5-9,11,13-14,26H,10,12H2,1-4H3,(H,31,32)/t26-/m1/s1. The first-order valence-electron chi connectivity index (χ1n) is 11.3. The van der Waals surface area contributed by atoms with E-state index in [1.54, 1.807) is 12.3 Å². The molecule has 0 fully saturated rings. The highest BCUT2D eigenvalue weighted by atomic mass is 19.1. The van der Waals surface area contributed by atoms with Crippen molar-refractivity contribution in [3.63, 3.8) is 0 Å². The van der Waals surface area contributed by atoms with Gasteiger partial charge in [-0.15, -0.1) is 0 Å². The quantitative estimate of drug-likeness (QED) is 0.384. The Bertz CT molecular complexity index is 1440. The summed E-state index contributed by atoms with van der Waals surface area (Å²) in [5.41, 5.74) is 3.71. The molecule has 0 spiro atoms. The molecule has 0 unspecified atom stereocenters. The van der Waals surface area contributed by atoms with E-state index in [0.29, 0.717) is 28.6 Å². The van der Waals surface area contributed by atoms with Gasteiger partial charge in [0.05, 0.1) is 17.7 Å². The molecule has 1 aromatic heterocycles. The van der Waals surface area contributed by atoms with Crippen molar-refractivity contribution in [3.05, 3.63) is 71.2 Å². The van der Waals surface area contributed by atoms with Crippen LogP contribution in [0.3, 0.4) is 0 Å². The molecule has 0 saturated carbocycles. The SMILES string of the molecule is Cc1cc2ccc(F)cc2c(-c2ccc3c4c(ccnc24)CCO3)c1[C@@H](OC(C)(C)C)C(=O)O. The molecule has 1 atom stereocenters. The number of pyridine rings is 1. The van der Waals surface area contributed by atoms with Crippen molar-refractivity contribution in [2.24, 2.45) is 0 Å². The Morgan fingerprint density at radius 1 is 1.18 bits per heavy atom. The van der Waals surface area contributed by atoms with Crippen LogP contribution >= 0.6 is 0 Å². The summed E-state index contributed by atoms with van der Waals surface area (Å²) >= 11 is 0. The maximum atomic E-state index is 14.5. The van der Waals surface area contributed by atoms with Crippen molar-refractivity contribution in [1.82, 2.24) is 4.98 Å². The van der Waals surface area contributed by atoms with Gasteiger partial charge in [0, 0.05) is 29.1 Å². The molecular weight excluding hydrogens is 433 g/mol. The Balaban J connectivity index is 1.92. The lowest BCUT2D eigenvalue weighted by molar-refractivity contribution is -0.160. The molecule has 4 aromatic rings. The topological polar surface area (TPSA) is 68.7 Å². The fraction of sp³-hybridized carbons (Fsp3) is 0.286. The van der Waals surface area contributed by atoms with Gasteiger partial charge in [0.25, 0.3) is 0 Å². The van der Waals surface area contributed by atoms with Crippen molar-refractivity contribution in [3.8, 4) is 16.9 Å². The maximum Gasteiger partial charge on any atom is 0.337 e. The van der Waals surface area contributed by atoms with Crippen LogP contribution in [0, 0.1) is 12.7 Å². The Hall–Kier alpha value is -3.51. The van der Waals surface area contributed by atoms with Crippen molar-refractivity contribution >= 4 is 27.6 Å². The zero-order valence-electron chi connectivity index (χ0n) is 19.6. The largest absolute Gasteiger partial charge is 0.493 e. The number of ether oxygens (including phenoxy) is 2. The summed E-state index contributed by atoms with van der Waals surface area (Å²) in [6.07, 6.45) is 1.27. The Labute approximate surface area is 197 Å². The predicted molar refractivity (Wildman–Crippen MR) is 130 cm³/mol. The van der Waals surface area contributed by atoms with Crippen molar-refractivity contribution in [2.75, 3.05) is 6.61 Å². The molecule has 5 nitrogen and oxygen atoms in total. The first kappa shape index (κ1) is 22.3. The molecule has 5 rings (SSSR count). The molecule has 2 heterocycles. The first-order valence-corrected chi connectivity index (χ1v) is 11.3. The van der Waals surface area contributed by atoms with Crippen LogP contribution in [0.25, 0.3) is 32.8 Å². The van der Waals surface area contributed by atoms with Crippen LogP contribution in [0.1, 0.15) is 43.6 Å². The molecule has 1 N–H and O–H groups in total. The van der Waals surface area contributed by atoms with Gasteiger partial charge in [-0.25, -0.2) is 9.18 Å². The van der Waals surface area contributed by atoms with Gasteiger partial charge in [0.1, 0.15) is 11.6 Å². The molecule has 1 aliphatic heterocycles. The van der Waals surface area contributed by atoms with E-state index in [0.717, 1.165) is 39.6 Å². The summed E-state index contributed by atoms with van der Waals surface area (Å²) in [5.74, 6) is -0.751. The summed E-state index contributed by atoms with van der Waals surface area (Å²) in [7, 11) is 0. The Morgan fingerprint density at radius 3 is 2.71 bits per heavy atom. The maximum absolute atomic E-state index is 14.5. The number of aromatic nitrogens is 1. The average molecular weight is 460 g/mol. The minimum absolute atomic E-state index is 0.397. The number of carboxylic acids is 1. The zero-order chi connectivity index (χ0) is 24.2. The third-order valence-corrected chi connectivity index (χ3v) is 6.15. The summed E-state index contributed by atoms with van der Waals surface area (Å²) in [5, 5.41) is 12.6. The second kappa shape index (κ2) is 8.06. The van der Waals surface area contributed by atoms with Gasteiger partial charge in [0.15, 0.2) is 6.10 Å². The molecule has 0 saturated heterocycles.